The van der Waals surface area contributed by atoms with E-state index < -0.39 is 11.7 Å². The molecule has 2 aromatic rings. The lowest BCUT2D eigenvalue weighted by molar-refractivity contribution is -0.137. The van der Waals surface area contributed by atoms with Gasteiger partial charge in [0.15, 0.2) is 5.82 Å². The fourth-order valence-corrected chi connectivity index (χ4v) is 2.38. The summed E-state index contributed by atoms with van der Waals surface area (Å²) >= 11 is 0. The summed E-state index contributed by atoms with van der Waals surface area (Å²) in [6.45, 7) is 3.44. The number of rotatable bonds is 2. The molecule has 1 aromatic carbocycles. The Morgan fingerprint density at radius 1 is 1.10 bits per heavy atom. The van der Waals surface area contributed by atoms with Gasteiger partial charge < -0.3 is 10.2 Å². The molecule has 1 aromatic heterocycles. The predicted octanol–water partition coefficient (Wildman–Crippen LogP) is 2.51. The van der Waals surface area contributed by atoms with Crippen LogP contribution in [0.5, 0.6) is 0 Å². The van der Waals surface area contributed by atoms with Crippen LogP contribution in [0.4, 0.5) is 19.0 Å². The molecule has 0 unspecified atom stereocenters. The smallest absolute Gasteiger partial charge is 0.353 e. The number of alkyl halides is 3. The highest BCUT2D eigenvalue weighted by Crippen LogP contribution is 2.32. The van der Waals surface area contributed by atoms with E-state index in [0.29, 0.717) is 11.3 Å². The van der Waals surface area contributed by atoms with Gasteiger partial charge in [-0.1, -0.05) is 12.1 Å². The third-order valence-electron chi connectivity index (χ3n) is 3.51. The first-order chi connectivity index (χ1) is 10.0. The molecule has 1 fully saturated rings. The van der Waals surface area contributed by atoms with Gasteiger partial charge in [-0.3, -0.25) is 5.10 Å². The molecule has 0 saturated carbocycles. The second-order valence-electron chi connectivity index (χ2n) is 4.96. The van der Waals surface area contributed by atoms with E-state index in [1.165, 1.54) is 6.07 Å². The maximum Gasteiger partial charge on any atom is 0.416 e. The van der Waals surface area contributed by atoms with E-state index in [1.54, 1.807) is 12.1 Å². The summed E-state index contributed by atoms with van der Waals surface area (Å²) in [5, 5.41) is 10.3. The zero-order valence-corrected chi connectivity index (χ0v) is 11.2. The number of aromatic nitrogens is 2. The van der Waals surface area contributed by atoms with E-state index in [-0.39, 0.29) is 0 Å². The maximum atomic E-state index is 12.7. The van der Waals surface area contributed by atoms with Crippen molar-refractivity contribution >= 4 is 5.82 Å². The number of nitrogens with zero attached hydrogens (tertiary/aromatic N) is 2. The van der Waals surface area contributed by atoms with Gasteiger partial charge in [-0.05, 0) is 12.1 Å². The van der Waals surface area contributed by atoms with Gasteiger partial charge in [0, 0.05) is 37.8 Å². The van der Waals surface area contributed by atoms with Gasteiger partial charge in [0.05, 0.1) is 11.3 Å². The van der Waals surface area contributed by atoms with Gasteiger partial charge in [0.1, 0.15) is 0 Å². The van der Waals surface area contributed by atoms with Crippen LogP contribution < -0.4 is 10.2 Å². The predicted molar refractivity (Wildman–Crippen MR) is 74.1 cm³/mol. The quantitative estimate of drug-likeness (QED) is 0.895. The molecule has 1 aliphatic rings. The largest absolute Gasteiger partial charge is 0.416 e. The first-order valence-corrected chi connectivity index (χ1v) is 6.73. The molecule has 0 atom stereocenters. The number of H-pyrrole nitrogens is 1. The molecule has 1 aliphatic heterocycles. The number of benzene rings is 1. The molecule has 3 rings (SSSR count). The molecule has 0 radical (unpaired) electrons. The molecule has 21 heavy (non-hydrogen) atoms. The Hall–Kier alpha value is -2.02. The minimum Gasteiger partial charge on any atom is -0.353 e. The number of halogens is 3. The summed E-state index contributed by atoms with van der Waals surface area (Å²) in [5.74, 6) is 0.768. The molecule has 4 nitrogen and oxygen atoms in total. The fourth-order valence-electron chi connectivity index (χ4n) is 2.38. The third-order valence-corrected chi connectivity index (χ3v) is 3.51. The van der Waals surface area contributed by atoms with E-state index in [4.69, 9.17) is 0 Å². The molecular formula is C14H15F3N4. The van der Waals surface area contributed by atoms with Crippen molar-refractivity contribution in [3.05, 3.63) is 35.9 Å². The standard InChI is InChI=1S/C14H15F3N4/c15-14(16,17)11-3-1-2-10(8-11)12-9-13(20-19-12)21-6-4-18-5-7-21/h1-3,8-9,18H,4-7H2,(H,19,20). The number of anilines is 1. The minimum atomic E-state index is -4.34. The van der Waals surface area contributed by atoms with Crippen molar-refractivity contribution in [1.82, 2.24) is 15.5 Å². The van der Waals surface area contributed by atoms with Crippen LogP contribution in [0, 0.1) is 0 Å². The first kappa shape index (κ1) is 13.9. The topological polar surface area (TPSA) is 44.0 Å². The number of piperazine rings is 1. The van der Waals surface area contributed by atoms with Crippen molar-refractivity contribution < 1.29 is 13.2 Å². The maximum absolute atomic E-state index is 12.7. The fraction of sp³-hybridized carbons (Fsp3) is 0.357. The van der Waals surface area contributed by atoms with Crippen molar-refractivity contribution in [1.29, 1.82) is 0 Å². The second kappa shape index (κ2) is 5.40. The van der Waals surface area contributed by atoms with Crippen LogP contribution in [0.1, 0.15) is 5.56 Å². The lowest BCUT2D eigenvalue weighted by Gasteiger charge is -2.26. The highest BCUT2D eigenvalue weighted by molar-refractivity contribution is 5.64. The molecular weight excluding hydrogens is 281 g/mol. The monoisotopic (exact) mass is 296 g/mol. The highest BCUT2D eigenvalue weighted by atomic mass is 19.4. The molecule has 0 aliphatic carbocycles. The summed E-state index contributed by atoms with van der Waals surface area (Å²) in [6.07, 6.45) is -4.34. The summed E-state index contributed by atoms with van der Waals surface area (Å²) in [4.78, 5) is 2.10. The molecule has 2 N–H and O–H groups in total. The highest BCUT2D eigenvalue weighted by Gasteiger charge is 2.30. The molecule has 2 heterocycles. The van der Waals surface area contributed by atoms with Gasteiger partial charge in [0.2, 0.25) is 0 Å². The Bertz CT molecular complexity index is 615. The lowest BCUT2D eigenvalue weighted by atomic mass is 10.1. The van der Waals surface area contributed by atoms with Crippen LogP contribution in [0.25, 0.3) is 11.3 Å². The van der Waals surface area contributed by atoms with Gasteiger partial charge >= 0.3 is 6.18 Å². The van der Waals surface area contributed by atoms with Crippen molar-refractivity contribution in [2.24, 2.45) is 0 Å². The number of nitrogens with one attached hydrogen (secondary N) is 2. The second-order valence-corrected chi connectivity index (χ2v) is 4.96. The molecule has 112 valence electrons. The Morgan fingerprint density at radius 2 is 1.86 bits per heavy atom. The molecule has 0 spiro atoms. The number of aromatic amines is 1. The summed E-state index contributed by atoms with van der Waals surface area (Å²) in [6, 6.07) is 7.04. The first-order valence-electron chi connectivity index (χ1n) is 6.73. The van der Waals surface area contributed by atoms with E-state index in [1.807, 2.05) is 0 Å². The van der Waals surface area contributed by atoms with Crippen LogP contribution in [0.3, 0.4) is 0 Å². The Labute approximate surface area is 120 Å². The van der Waals surface area contributed by atoms with Crippen molar-refractivity contribution in [2.45, 2.75) is 6.18 Å². The zero-order chi connectivity index (χ0) is 14.9. The third kappa shape index (κ3) is 3.02. The van der Waals surface area contributed by atoms with Crippen molar-refractivity contribution in [3.8, 4) is 11.3 Å². The number of hydrogen-bond acceptors (Lipinski definition) is 3. The lowest BCUT2D eigenvalue weighted by Crippen LogP contribution is -2.43. The SMILES string of the molecule is FC(F)(F)c1cccc(-c2cc(N3CCNCC3)n[nH]2)c1. The summed E-state index contributed by atoms with van der Waals surface area (Å²) in [5.41, 5.74) is 0.423. The van der Waals surface area contributed by atoms with Gasteiger partial charge in [-0.25, -0.2) is 0 Å². The van der Waals surface area contributed by atoms with Crippen LogP contribution in [-0.4, -0.2) is 36.4 Å². The van der Waals surface area contributed by atoms with Crippen LogP contribution in [0.2, 0.25) is 0 Å². The van der Waals surface area contributed by atoms with E-state index in [2.05, 4.69) is 20.4 Å². The van der Waals surface area contributed by atoms with Crippen molar-refractivity contribution in [3.63, 3.8) is 0 Å². The Morgan fingerprint density at radius 3 is 2.57 bits per heavy atom. The Balaban J connectivity index is 1.86. The van der Waals surface area contributed by atoms with E-state index >= 15 is 0 Å². The Kier molecular flexibility index (Phi) is 3.59. The zero-order valence-electron chi connectivity index (χ0n) is 11.2. The van der Waals surface area contributed by atoms with Crippen LogP contribution in [0.15, 0.2) is 30.3 Å². The molecule has 0 amide bonds. The summed E-state index contributed by atoms with van der Waals surface area (Å²) in [7, 11) is 0. The normalized spacial score (nSPS) is 16.2. The minimum absolute atomic E-state index is 0.485. The van der Waals surface area contributed by atoms with Gasteiger partial charge in [0.25, 0.3) is 0 Å². The molecule has 0 bridgehead atoms. The van der Waals surface area contributed by atoms with Gasteiger partial charge in [-0.2, -0.15) is 18.3 Å². The van der Waals surface area contributed by atoms with Gasteiger partial charge in [-0.15, -0.1) is 0 Å². The van der Waals surface area contributed by atoms with E-state index in [9.17, 15) is 13.2 Å². The van der Waals surface area contributed by atoms with Crippen LogP contribution in [-0.2, 0) is 6.18 Å². The van der Waals surface area contributed by atoms with E-state index in [0.717, 1.165) is 44.1 Å². The summed E-state index contributed by atoms with van der Waals surface area (Å²) < 4.78 is 38.2. The molecule has 1 saturated heterocycles. The average molecular weight is 296 g/mol. The molecule has 7 heteroatoms. The average Bonchev–Trinajstić information content (AvgIpc) is 2.97. The number of hydrogen-bond donors (Lipinski definition) is 2. The van der Waals surface area contributed by atoms with Crippen molar-refractivity contribution in [2.75, 3.05) is 31.1 Å². The van der Waals surface area contributed by atoms with Crippen LogP contribution >= 0.6 is 0 Å².